The number of hydrogen-bond donors (Lipinski definition) is 0. The lowest BCUT2D eigenvalue weighted by Crippen LogP contribution is -1.83. The van der Waals surface area contributed by atoms with E-state index in [1.807, 2.05) is 18.2 Å². The molecule has 0 radical (unpaired) electrons. The Bertz CT molecular complexity index is 701. The minimum atomic E-state index is 0.534. The van der Waals surface area contributed by atoms with Gasteiger partial charge >= 0.3 is 0 Å². The van der Waals surface area contributed by atoms with E-state index in [1.54, 1.807) is 42.5 Å². The second kappa shape index (κ2) is 5.87. The number of rotatable bonds is 2. The van der Waals surface area contributed by atoms with Crippen LogP contribution in [0.2, 0.25) is 5.02 Å². The standard InChI is InChI=1S/C16H9ClN2/c17-16-3-1-2-13(9-16)8-15(11-19)14-6-4-12(10-18)5-7-14/h1-9H. The third-order valence-corrected chi connectivity index (χ3v) is 2.84. The minimum absolute atomic E-state index is 0.534. The summed E-state index contributed by atoms with van der Waals surface area (Å²) in [7, 11) is 0. The van der Waals surface area contributed by atoms with Gasteiger partial charge in [0.25, 0.3) is 0 Å². The smallest absolute Gasteiger partial charge is 0.0998 e. The Morgan fingerprint density at radius 1 is 1.05 bits per heavy atom. The maximum Gasteiger partial charge on any atom is 0.0998 e. The molecule has 0 aliphatic rings. The monoisotopic (exact) mass is 264 g/mol. The molecule has 0 amide bonds. The fraction of sp³-hybridized carbons (Fsp3) is 0. The maximum atomic E-state index is 9.22. The molecule has 0 saturated carbocycles. The van der Waals surface area contributed by atoms with Gasteiger partial charge in [-0.15, -0.1) is 0 Å². The number of allylic oxidation sites excluding steroid dienone is 1. The molecule has 0 spiro atoms. The van der Waals surface area contributed by atoms with Crippen molar-refractivity contribution < 1.29 is 0 Å². The zero-order chi connectivity index (χ0) is 13.7. The molecule has 2 aromatic carbocycles. The third kappa shape index (κ3) is 3.22. The SMILES string of the molecule is N#CC(=Cc1cccc(Cl)c1)c1ccc(C#N)cc1. The molecule has 0 heterocycles. The Balaban J connectivity index is 2.40. The Morgan fingerprint density at radius 3 is 2.37 bits per heavy atom. The molecule has 90 valence electrons. The van der Waals surface area contributed by atoms with Gasteiger partial charge in [-0.05, 0) is 41.5 Å². The number of benzene rings is 2. The summed E-state index contributed by atoms with van der Waals surface area (Å²) in [5, 5.41) is 18.6. The lowest BCUT2D eigenvalue weighted by atomic mass is 10.0. The van der Waals surface area contributed by atoms with E-state index in [0.29, 0.717) is 16.2 Å². The Labute approximate surface area is 116 Å². The predicted octanol–water partition coefficient (Wildman–Crippen LogP) is 4.28. The second-order valence-electron chi connectivity index (χ2n) is 3.91. The van der Waals surface area contributed by atoms with Crippen LogP contribution in [0.4, 0.5) is 0 Å². The van der Waals surface area contributed by atoms with Crippen molar-refractivity contribution in [2.75, 3.05) is 0 Å². The summed E-state index contributed by atoms with van der Waals surface area (Å²) in [6.07, 6.45) is 1.77. The summed E-state index contributed by atoms with van der Waals surface area (Å²) in [4.78, 5) is 0. The van der Waals surface area contributed by atoms with Gasteiger partial charge in [0.15, 0.2) is 0 Å². The van der Waals surface area contributed by atoms with Gasteiger partial charge in [0.2, 0.25) is 0 Å². The van der Waals surface area contributed by atoms with Crippen molar-refractivity contribution in [1.29, 1.82) is 10.5 Å². The van der Waals surface area contributed by atoms with Gasteiger partial charge in [0.1, 0.15) is 0 Å². The first-order valence-corrected chi connectivity index (χ1v) is 5.98. The third-order valence-electron chi connectivity index (χ3n) is 2.61. The van der Waals surface area contributed by atoms with E-state index in [1.165, 1.54) is 0 Å². The molecular weight excluding hydrogens is 256 g/mol. The van der Waals surface area contributed by atoms with Crippen molar-refractivity contribution in [2.24, 2.45) is 0 Å². The van der Waals surface area contributed by atoms with E-state index in [9.17, 15) is 5.26 Å². The first-order chi connectivity index (χ1) is 9.22. The predicted molar refractivity (Wildman–Crippen MR) is 76.1 cm³/mol. The average Bonchev–Trinajstić information content (AvgIpc) is 2.45. The number of nitrogens with zero attached hydrogens (tertiary/aromatic N) is 2. The maximum absolute atomic E-state index is 9.22. The lowest BCUT2D eigenvalue weighted by molar-refractivity contribution is 1.47. The molecule has 0 saturated heterocycles. The van der Waals surface area contributed by atoms with Gasteiger partial charge in [-0.25, -0.2) is 0 Å². The Morgan fingerprint density at radius 2 is 1.79 bits per heavy atom. The molecule has 3 heteroatoms. The normalized spacial score (nSPS) is 10.6. The summed E-state index contributed by atoms with van der Waals surface area (Å²) < 4.78 is 0. The Hall–Kier alpha value is -2.55. The highest BCUT2D eigenvalue weighted by molar-refractivity contribution is 6.30. The van der Waals surface area contributed by atoms with Crippen LogP contribution in [0.15, 0.2) is 48.5 Å². The van der Waals surface area contributed by atoms with Crippen LogP contribution in [-0.4, -0.2) is 0 Å². The molecule has 0 aliphatic heterocycles. The van der Waals surface area contributed by atoms with Crippen molar-refractivity contribution >= 4 is 23.3 Å². The van der Waals surface area contributed by atoms with Crippen LogP contribution >= 0.6 is 11.6 Å². The molecule has 0 aromatic heterocycles. The zero-order valence-corrected chi connectivity index (χ0v) is 10.7. The fourth-order valence-electron chi connectivity index (χ4n) is 1.67. The van der Waals surface area contributed by atoms with Gasteiger partial charge in [-0.2, -0.15) is 10.5 Å². The van der Waals surface area contributed by atoms with E-state index in [0.717, 1.165) is 11.1 Å². The number of nitriles is 2. The highest BCUT2D eigenvalue weighted by Gasteiger charge is 2.01. The first kappa shape index (κ1) is 12.9. The fourth-order valence-corrected chi connectivity index (χ4v) is 1.87. The van der Waals surface area contributed by atoms with Crippen LogP contribution in [0, 0.1) is 22.7 Å². The van der Waals surface area contributed by atoms with Crippen LogP contribution in [0.1, 0.15) is 16.7 Å². The summed E-state index contributed by atoms with van der Waals surface area (Å²) in [5.74, 6) is 0. The largest absolute Gasteiger partial charge is 0.192 e. The molecule has 2 aromatic rings. The highest BCUT2D eigenvalue weighted by atomic mass is 35.5. The highest BCUT2D eigenvalue weighted by Crippen LogP contribution is 2.20. The molecule has 0 N–H and O–H groups in total. The van der Waals surface area contributed by atoms with E-state index < -0.39 is 0 Å². The van der Waals surface area contributed by atoms with Crippen molar-refractivity contribution in [3.05, 3.63) is 70.2 Å². The molecule has 0 aliphatic carbocycles. The van der Waals surface area contributed by atoms with Crippen LogP contribution in [-0.2, 0) is 0 Å². The van der Waals surface area contributed by atoms with Crippen molar-refractivity contribution in [3.8, 4) is 12.1 Å². The van der Waals surface area contributed by atoms with Crippen LogP contribution in [0.3, 0.4) is 0 Å². The molecule has 2 nitrogen and oxygen atoms in total. The van der Waals surface area contributed by atoms with E-state index in [2.05, 4.69) is 6.07 Å². The van der Waals surface area contributed by atoms with Gasteiger partial charge in [-0.1, -0.05) is 35.9 Å². The molecular formula is C16H9ClN2. The molecule has 0 unspecified atom stereocenters. The van der Waals surface area contributed by atoms with Crippen LogP contribution < -0.4 is 0 Å². The van der Waals surface area contributed by atoms with Gasteiger partial charge in [0.05, 0.1) is 23.3 Å². The second-order valence-corrected chi connectivity index (χ2v) is 4.35. The summed E-state index contributed by atoms with van der Waals surface area (Å²) in [5.41, 5.74) is 2.76. The minimum Gasteiger partial charge on any atom is -0.192 e. The van der Waals surface area contributed by atoms with E-state index >= 15 is 0 Å². The zero-order valence-electron chi connectivity index (χ0n) is 9.97. The summed E-state index contributed by atoms with van der Waals surface area (Å²) >= 11 is 5.91. The molecule has 0 fully saturated rings. The van der Waals surface area contributed by atoms with E-state index in [4.69, 9.17) is 16.9 Å². The summed E-state index contributed by atoms with van der Waals surface area (Å²) in [6, 6.07) is 18.4. The molecule has 19 heavy (non-hydrogen) atoms. The lowest BCUT2D eigenvalue weighted by Gasteiger charge is -2.00. The first-order valence-electron chi connectivity index (χ1n) is 5.61. The van der Waals surface area contributed by atoms with Gasteiger partial charge < -0.3 is 0 Å². The molecule has 0 atom stereocenters. The van der Waals surface area contributed by atoms with Crippen molar-refractivity contribution in [2.45, 2.75) is 0 Å². The van der Waals surface area contributed by atoms with Crippen molar-refractivity contribution in [3.63, 3.8) is 0 Å². The Kier molecular flexibility index (Phi) is 3.98. The van der Waals surface area contributed by atoms with Gasteiger partial charge in [-0.3, -0.25) is 0 Å². The number of hydrogen-bond acceptors (Lipinski definition) is 2. The summed E-state index contributed by atoms with van der Waals surface area (Å²) in [6.45, 7) is 0. The molecule has 0 bridgehead atoms. The van der Waals surface area contributed by atoms with Gasteiger partial charge in [0, 0.05) is 5.02 Å². The van der Waals surface area contributed by atoms with Crippen LogP contribution in [0.5, 0.6) is 0 Å². The van der Waals surface area contributed by atoms with Crippen molar-refractivity contribution in [1.82, 2.24) is 0 Å². The quantitative estimate of drug-likeness (QED) is 0.600. The topological polar surface area (TPSA) is 47.6 Å². The number of halogens is 1. The average molecular weight is 265 g/mol. The molecule has 2 rings (SSSR count). The van der Waals surface area contributed by atoms with Crippen LogP contribution in [0.25, 0.3) is 11.6 Å². The van der Waals surface area contributed by atoms with E-state index in [-0.39, 0.29) is 0 Å².